The maximum absolute atomic E-state index is 12.7. The Morgan fingerprint density at radius 1 is 1.41 bits per heavy atom. The number of carboxylic acids is 1. The number of aromatic nitrogens is 2. The molecule has 0 radical (unpaired) electrons. The molecule has 2 aromatic rings. The lowest BCUT2D eigenvalue weighted by atomic mass is 10.1. The molecule has 2 rings (SSSR count). The summed E-state index contributed by atoms with van der Waals surface area (Å²) in [6.07, 6.45) is -3.29. The molecule has 0 aliphatic carbocycles. The number of aromatic carboxylic acids is 1. The first kappa shape index (κ1) is 11.4. The van der Waals surface area contributed by atoms with E-state index in [2.05, 4.69) is 5.10 Å². The molecular weight excluding hydrogens is 237 g/mol. The first-order valence-electron chi connectivity index (χ1n) is 4.57. The first-order chi connectivity index (χ1) is 7.80. The average Bonchev–Trinajstić information content (AvgIpc) is 2.54. The van der Waals surface area contributed by atoms with Crippen molar-refractivity contribution in [1.29, 1.82) is 0 Å². The van der Waals surface area contributed by atoms with Gasteiger partial charge in [0.15, 0.2) is 0 Å². The fourth-order valence-electron chi connectivity index (χ4n) is 1.64. The third-order valence-electron chi connectivity index (χ3n) is 2.33. The highest BCUT2D eigenvalue weighted by Crippen LogP contribution is 2.35. The zero-order valence-electron chi connectivity index (χ0n) is 8.62. The van der Waals surface area contributed by atoms with Gasteiger partial charge in [-0.3, -0.25) is 4.68 Å². The first-order valence-corrected chi connectivity index (χ1v) is 4.57. The van der Waals surface area contributed by atoms with Gasteiger partial charge in [-0.25, -0.2) is 4.79 Å². The Morgan fingerprint density at radius 3 is 2.59 bits per heavy atom. The summed E-state index contributed by atoms with van der Waals surface area (Å²) in [7, 11) is 1.44. The molecule has 0 unspecified atom stereocenters. The van der Waals surface area contributed by atoms with Gasteiger partial charge < -0.3 is 5.11 Å². The van der Waals surface area contributed by atoms with E-state index in [-0.39, 0.29) is 16.5 Å². The lowest BCUT2D eigenvalue weighted by molar-refractivity contribution is -0.136. The summed E-state index contributed by atoms with van der Waals surface area (Å²) in [6.45, 7) is 0. The van der Waals surface area contributed by atoms with Gasteiger partial charge in [0.1, 0.15) is 5.52 Å². The van der Waals surface area contributed by atoms with Gasteiger partial charge in [0.2, 0.25) is 0 Å². The predicted molar refractivity (Wildman–Crippen MR) is 52.7 cm³/mol. The molecule has 1 heterocycles. The normalized spacial score (nSPS) is 12.0. The molecule has 90 valence electrons. The van der Waals surface area contributed by atoms with Gasteiger partial charge in [0.05, 0.1) is 11.1 Å². The summed E-state index contributed by atoms with van der Waals surface area (Å²) >= 11 is 0. The van der Waals surface area contributed by atoms with Crippen molar-refractivity contribution in [1.82, 2.24) is 9.78 Å². The van der Waals surface area contributed by atoms with E-state index >= 15 is 0 Å². The number of benzene rings is 1. The molecule has 0 bridgehead atoms. The van der Waals surface area contributed by atoms with Crippen LogP contribution in [-0.4, -0.2) is 20.9 Å². The van der Waals surface area contributed by atoms with Gasteiger partial charge in [-0.15, -0.1) is 0 Å². The molecule has 1 aromatic carbocycles. The van der Waals surface area contributed by atoms with E-state index in [4.69, 9.17) is 5.11 Å². The number of halogens is 3. The van der Waals surface area contributed by atoms with E-state index in [1.54, 1.807) is 0 Å². The van der Waals surface area contributed by atoms with Crippen molar-refractivity contribution in [3.8, 4) is 0 Å². The quantitative estimate of drug-likeness (QED) is 0.837. The van der Waals surface area contributed by atoms with Crippen LogP contribution >= 0.6 is 0 Å². The van der Waals surface area contributed by atoms with Crippen molar-refractivity contribution in [2.45, 2.75) is 6.18 Å². The smallest absolute Gasteiger partial charge is 0.418 e. The molecule has 0 spiro atoms. The fraction of sp³-hybridized carbons (Fsp3) is 0.200. The van der Waals surface area contributed by atoms with E-state index < -0.39 is 17.7 Å². The van der Waals surface area contributed by atoms with E-state index in [0.717, 1.165) is 16.8 Å². The Labute approximate surface area is 93.3 Å². The van der Waals surface area contributed by atoms with Crippen LogP contribution in [0.1, 0.15) is 15.9 Å². The van der Waals surface area contributed by atoms with Crippen molar-refractivity contribution in [2.75, 3.05) is 0 Å². The third kappa shape index (κ3) is 1.83. The van der Waals surface area contributed by atoms with Crippen molar-refractivity contribution >= 4 is 16.9 Å². The van der Waals surface area contributed by atoms with Gasteiger partial charge in [0, 0.05) is 18.6 Å². The van der Waals surface area contributed by atoms with Crippen LogP contribution in [0.5, 0.6) is 0 Å². The zero-order valence-corrected chi connectivity index (χ0v) is 8.62. The highest BCUT2D eigenvalue weighted by molar-refractivity contribution is 6.03. The number of nitrogens with zero attached hydrogens (tertiary/aromatic N) is 2. The van der Waals surface area contributed by atoms with E-state index in [1.807, 2.05) is 0 Å². The number of hydrogen-bond acceptors (Lipinski definition) is 2. The van der Waals surface area contributed by atoms with Crippen molar-refractivity contribution in [2.24, 2.45) is 7.05 Å². The summed E-state index contributed by atoms with van der Waals surface area (Å²) in [5.41, 5.74) is -1.47. The number of rotatable bonds is 1. The maximum atomic E-state index is 12.7. The molecule has 0 saturated carbocycles. The molecule has 0 saturated heterocycles. The molecule has 1 aromatic heterocycles. The summed E-state index contributed by atoms with van der Waals surface area (Å²) in [6, 6.07) is 1.67. The number of carboxylic acid groups (broad SMARTS) is 1. The monoisotopic (exact) mass is 244 g/mol. The van der Waals surface area contributed by atoms with E-state index in [9.17, 15) is 18.0 Å². The molecule has 17 heavy (non-hydrogen) atoms. The molecule has 0 atom stereocenters. The number of alkyl halides is 3. The molecular formula is C10H7F3N2O2. The van der Waals surface area contributed by atoms with Crippen LogP contribution in [0.15, 0.2) is 18.3 Å². The second-order valence-electron chi connectivity index (χ2n) is 3.53. The van der Waals surface area contributed by atoms with Gasteiger partial charge in [-0.05, 0) is 12.1 Å². The Bertz CT molecular complexity index is 601. The number of aryl methyl sites for hydroxylation is 1. The lowest BCUT2D eigenvalue weighted by Crippen LogP contribution is -2.07. The van der Waals surface area contributed by atoms with E-state index in [0.29, 0.717) is 0 Å². The van der Waals surface area contributed by atoms with Crippen LogP contribution in [0.2, 0.25) is 0 Å². The van der Waals surface area contributed by atoms with Crippen molar-refractivity contribution < 1.29 is 23.1 Å². The summed E-state index contributed by atoms with van der Waals surface area (Å²) < 4.78 is 39.1. The second kappa shape index (κ2) is 3.47. The summed E-state index contributed by atoms with van der Waals surface area (Å²) in [5.74, 6) is -1.28. The number of hydrogen-bond donors (Lipinski definition) is 1. The van der Waals surface area contributed by atoms with Crippen LogP contribution in [0.3, 0.4) is 0 Å². The van der Waals surface area contributed by atoms with Crippen LogP contribution in [0, 0.1) is 0 Å². The van der Waals surface area contributed by atoms with Crippen LogP contribution in [-0.2, 0) is 13.2 Å². The highest BCUT2D eigenvalue weighted by atomic mass is 19.4. The Kier molecular flexibility index (Phi) is 2.34. The number of fused-ring (bicyclic) bond motifs is 1. The van der Waals surface area contributed by atoms with Gasteiger partial charge in [-0.2, -0.15) is 18.3 Å². The average molecular weight is 244 g/mol. The fourth-order valence-corrected chi connectivity index (χ4v) is 1.64. The summed E-state index contributed by atoms with van der Waals surface area (Å²) in [4.78, 5) is 10.9. The lowest BCUT2D eigenvalue weighted by Gasteiger charge is -2.07. The van der Waals surface area contributed by atoms with Crippen LogP contribution in [0.25, 0.3) is 10.9 Å². The standard InChI is InChI=1S/C10H7F3N2O2/c1-15-4-6-5(9(16)17)2-3-7(8(6)14-15)10(11,12)13/h2-4H,1H3,(H,16,17). The van der Waals surface area contributed by atoms with Gasteiger partial charge in [-0.1, -0.05) is 0 Å². The predicted octanol–water partition coefficient (Wildman–Crippen LogP) is 2.29. The van der Waals surface area contributed by atoms with Crippen molar-refractivity contribution in [3.05, 3.63) is 29.5 Å². The molecule has 0 fully saturated rings. The van der Waals surface area contributed by atoms with Gasteiger partial charge >= 0.3 is 12.1 Å². The number of carbonyl (C=O) groups is 1. The third-order valence-corrected chi connectivity index (χ3v) is 2.33. The minimum atomic E-state index is -4.55. The Morgan fingerprint density at radius 2 is 2.06 bits per heavy atom. The summed E-state index contributed by atoms with van der Waals surface area (Å²) in [5, 5.41) is 12.5. The second-order valence-corrected chi connectivity index (χ2v) is 3.53. The molecule has 7 heteroatoms. The molecule has 0 amide bonds. The SMILES string of the molecule is Cn1cc2c(C(=O)O)ccc(C(F)(F)F)c2n1. The van der Waals surface area contributed by atoms with E-state index in [1.165, 1.54) is 13.2 Å². The van der Waals surface area contributed by atoms with Gasteiger partial charge in [0.25, 0.3) is 0 Å². The Hall–Kier alpha value is -2.05. The molecule has 0 aliphatic rings. The Balaban J connectivity index is 2.84. The molecule has 4 nitrogen and oxygen atoms in total. The topological polar surface area (TPSA) is 55.1 Å². The molecule has 0 aliphatic heterocycles. The minimum Gasteiger partial charge on any atom is -0.478 e. The zero-order chi connectivity index (χ0) is 12.8. The van der Waals surface area contributed by atoms with Crippen LogP contribution < -0.4 is 0 Å². The maximum Gasteiger partial charge on any atom is 0.418 e. The molecule has 1 N–H and O–H groups in total. The van der Waals surface area contributed by atoms with Crippen molar-refractivity contribution in [3.63, 3.8) is 0 Å². The highest BCUT2D eigenvalue weighted by Gasteiger charge is 2.34. The minimum absolute atomic E-state index is 0.0187. The van der Waals surface area contributed by atoms with Crippen LogP contribution in [0.4, 0.5) is 13.2 Å². The largest absolute Gasteiger partial charge is 0.478 e.